The molecule has 4 aromatic carbocycles. The van der Waals surface area contributed by atoms with Gasteiger partial charge in [0, 0.05) is 0 Å². The van der Waals surface area contributed by atoms with Gasteiger partial charge in [0.1, 0.15) is 0 Å². The maximum atomic E-state index is 14.2. The minimum atomic E-state index is -4.62. The van der Waals surface area contributed by atoms with Crippen LogP contribution in [0.3, 0.4) is 0 Å². The molecule has 2 atom stereocenters. The van der Waals surface area contributed by atoms with Crippen LogP contribution in [0.25, 0.3) is 12.2 Å². The molecule has 1 aliphatic heterocycles. The number of hydrogen-bond acceptors (Lipinski definition) is 6. The zero-order chi connectivity index (χ0) is 36.2. The molecule has 0 spiro atoms. The average molecular weight is 788 g/mol. The molecule has 4 aromatic rings. The van der Waals surface area contributed by atoms with Gasteiger partial charge in [0.15, 0.2) is 0 Å². The number of alkyl halides is 6. The number of ether oxygens (including phenoxy) is 4. The molecule has 264 valence electrons. The molecule has 0 saturated carbocycles. The van der Waals surface area contributed by atoms with E-state index in [2.05, 4.69) is 0 Å². The standard InChI is InChI=1S/C38H32F6O6.Zr/c1-47-31-13-21-11-19(35(25(21)17-33(31)49-3)27-15-23(37(39,40)41)7-9-29(27)45)5-6-20-12-22-14-32(48-2)34(50-4)18-26(22)36(20)28-16-24(38(42,43)44)8-10-30(28)46;/h7-18,35-36,45-46H,5-6H2,1-4H3;/q;+2/p-2. The van der Waals surface area contributed by atoms with Crippen molar-refractivity contribution in [2.75, 3.05) is 28.4 Å². The molecule has 2 aliphatic carbocycles. The monoisotopic (exact) mass is 786 g/mol. The summed E-state index contributed by atoms with van der Waals surface area (Å²) in [6.07, 6.45) is -4.66. The second-order valence-electron chi connectivity index (χ2n) is 12.3. The van der Waals surface area contributed by atoms with E-state index >= 15 is 0 Å². The number of methoxy groups -OCH3 is 4. The molecule has 51 heavy (non-hydrogen) atoms. The second kappa shape index (κ2) is 13.3. The Bertz CT molecular complexity index is 1940. The summed E-state index contributed by atoms with van der Waals surface area (Å²) in [6.45, 7) is 0. The van der Waals surface area contributed by atoms with Gasteiger partial charge in [-0.3, -0.25) is 0 Å². The van der Waals surface area contributed by atoms with Crippen molar-refractivity contribution in [1.82, 2.24) is 0 Å². The van der Waals surface area contributed by atoms with E-state index in [4.69, 9.17) is 24.6 Å². The molecule has 13 heteroatoms. The fourth-order valence-corrected chi connectivity index (χ4v) is 8.65. The first-order chi connectivity index (χ1) is 24.3. The number of benzene rings is 4. The second-order valence-corrected chi connectivity index (χ2v) is 13.7. The topological polar surface area (TPSA) is 55.4 Å². The van der Waals surface area contributed by atoms with Gasteiger partial charge in [0.2, 0.25) is 0 Å². The Balaban J connectivity index is 1.43. The quantitative estimate of drug-likeness (QED) is 0.192. The van der Waals surface area contributed by atoms with E-state index in [0.717, 1.165) is 46.5 Å². The number of hydrogen-bond donors (Lipinski definition) is 0. The molecule has 3 aliphatic rings. The van der Waals surface area contributed by atoms with Gasteiger partial charge >= 0.3 is 303 Å². The van der Waals surface area contributed by atoms with E-state index in [0.29, 0.717) is 58.1 Å². The van der Waals surface area contributed by atoms with Crippen molar-refractivity contribution in [3.63, 3.8) is 0 Å². The fraction of sp³-hybridized carbons (Fsp3) is 0.263. The molecule has 7 rings (SSSR count). The minimum absolute atomic E-state index is 0.211. The first-order valence-electron chi connectivity index (χ1n) is 15.8. The first kappa shape index (κ1) is 35.0. The Hall–Kier alpha value is -4.38. The number of allylic oxidation sites excluding steroid dienone is 2. The van der Waals surface area contributed by atoms with Crippen molar-refractivity contribution >= 4 is 12.2 Å². The molecule has 6 nitrogen and oxygen atoms in total. The van der Waals surface area contributed by atoms with Crippen molar-refractivity contribution < 1.29 is 75.0 Å². The van der Waals surface area contributed by atoms with Gasteiger partial charge in [0.25, 0.3) is 0 Å². The third-order valence-electron chi connectivity index (χ3n) is 9.53. The van der Waals surface area contributed by atoms with E-state index in [1.165, 1.54) is 40.6 Å². The van der Waals surface area contributed by atoms with Crippen LogP contribution in [0.5, 0.6) is 34.5 Å². The Morgan fingerprint density at radius 2 is 0.902 bits per heavy atom. The van der Waals surface area contributed by atoms with Gasteiger partial charge in [-0.15, -0.1) is 0 Å². The normalized spacial score (nSPS) is 17.8. The van der Waals surface area contributed by atoms with Crippen LogP contribution in [-0.2, 0) is 36.5 Å². The zero-order valence-corrected chi connectivity index (χ0v) is 30.2. The van der Waals surface area contributed by atoms with Crippen molar-refractivity contribution in [3.8, 4) is 34.5 Å². The molecular weight excluding hydrogens is 758 g/mol. The van der Waals surface area contributed by atoms with E-state index in [9.17, 15) is 26.3 Å². The molecule has 0 saturated heterocycles. The van der Waals surface area contributed by atoms with Gasteiger partial charge in [0.05, 0.1) is 0 Å². The maximum absolute atomic E-state index is 14.2. The third kappa shape index (κ3) is 6.38. The van der Waals surface area contributed by atoms with Crippen LogP contribution in [0.1, 0.15) is 69.2 Å². The molecule has 0 bridgehead atoms. The van der Waals surface area contributed by atoms with Crippen LogP contribution in [0, 0.1) is 0 Å². The van der Waals surface area contributed by atoms with Crippen molar-refractivity contribution in [1.29, 1.82) is 0 Å². The molecule has 2 unspecified atom stereocenters. The van der Waals surface area contributed by atoms with Crippen molar-refractivity contribution in [2.24, 2.45) is 0 Å². The first-order valence-corrected chi connectivity index (χ1v) is 17.8. The molecule has 1 heterocycles. The summed E-state index contributed by atoms with van der Waals surface area (Å²) in [4.78, 5) is 0. The summed E-state index contributed by atoms with van der Waals surface area (Å²) in [7, 11) is 5.97. The van der Waals surface area contributed by atoms with Gasteiger partial charge in [-0.1, -0.05) is 0 Å². The average Bonchev–Trinajstić information content (AvgIpc) is 3.64. The molecule has 0 radical (unpaired) electrons. The van der Waals surface area contributed by atoms with E-state index in [-0.39, 0.29) is 11.5 Å². The Morgan fingerprint density at radius 3 is 1.25 bits per heavy atom. The van der Waals surface area contributed by atoms with Crippen molar-refractivity contribution in [2.45, 2.75) is 37.0 Å². The third-order valence-corrected chi connectivity index (χ3v) is 11.0. The van der Waals surface area contributed by atoms with E-state index in [1.54, 1.807) is 24.3 Å². The number of rotatable bonds is 4. The SMILES string of the molecule is COc1cc2c(cc1OC)C1C(=C2)CCC2=Cc3cc(OC)c(OC)cc3C2c2cc(C(F)(F)F)ccc2[O][Zr][O]c2ccc(C(F)(F)F)cc21. The Morgan fingerprint density at radius 1 is 0.529 bits per heavy atom. The summed E-state index contributed by atoms with van der Waals surface area (Å²) in [5.41, 5.74) is 3.42. The van der Waals surface area contributed by atoms with Crippen LogP contribution >= 0.6 is 0 Å². The van der Waals surface area contributed by atoms with Gasteiger partial charge < -0.3 is 0 Å². The van der Waals surface area contributed by atoms with Crippen molar-refractivity contribution in [3.05, 3.63) is 116 Å². The summed E-state index contributed by atoms with van der Waals surface area (Å²) < 4.78 is 120. The van der Waals surface area contributed by atoms with Crippen LogP contribution in [0.15, 0.2) is 71.8 Å². The molecule has 0 fully saturated rings. The zero-order valence-electron chi connectivity index (χ0n) is 27.7. The molecular formula is C38H30F6O6Zr. The predicted octanol–water partition coefficient (Wildman–Crippen LogP) is 9.98. The van der Waals surface area contributed by atoms with Gasteiger partial charge in [-0.25, -0.2) is 0 Å². The van der Waals surface area contributed by atoms with Gasteiger partial charge in [-0.2, -0.15) is 0 Å². The predicted molar refractivity (Wildman–Crippen MR) is 172 cm³/mol. The Labute approximate surface area is 302 Å². The molecule has 0 amide bonds. The molecule has 0 aromatic heterocycles. The summed E-state index contributed by atoms with van der Waals surface area (Å²) >= 11 is -2.43. The molecule has 0 N–H and O–H groups in total. The van der Waals surface area contributed by atoms with Crippen LogP contribution in [0.4, 0.5) is 26.3 Å². The van der Waals surface area contributed by atoms with Crippen LogP contribution in [-0.4, -0.2) is 28.4 Å². The van der Waals surface area contributed by atoms with E-state index < -0.39 is 59.4 Å². The number of fused-ring (bicyclic) bond motifs is 10. The fourth-order valence-electron chi connectivity index (χ4n) is 7.19. The number of halogens is 6. The Kier molecular flexibility index (Phi) is 9.14. The summed E-state index contributed by atoms with van der Waals surface area (Å²) in [5, 5.41) is 0. The van der Waals surface area contributed by atoms with Crippen LogP contribution in [0.2, 0.25) is 0 Å². The summed E-state index contributed by atoms with van der Waals surface area (Å²) in [6, 6.07) is 13.8. The summed E-state index contributed by atoms with van der Waals surface area (Å²) in [5.74, 6) is 0.855. The van der Waals surface area contributed by atoms with Gasteiger partial charge in [-0.05, 0) is 0 Å². The van der Waals surface area contributed by atoms with E-state index in [1.807, 2.05) is 12.2 Å². The van der Waals surface area contributed by atoms with Crippen LogP contribution < -0.4 is 24.6 Å².